The molecule has 1 aliphatic heterocycles. The van der Waals surface area contributed by atoms with E-state index in [9.17, 15) is 0 Å². The molecule has 0 radical (unpaired) electrons. The topological polar surface area (TPSA) is 62.1 Å². The number of nitrogens with one attached hydrogen (secondary N) is 3. The minimum absolute atomic E-state index is 0.146. The van der Waals surface area contributed by atoms with Gasteiger partial charge in [-0.3, -0.25) is 11.2 Å². The number of hydrogen-bond donors (Lipinski definition) is 4. The molecule has 1 heterocycles. The molecule has 0 atom stereocenters. The van der Waals surface area contributed by atoms with Gasteiger partial charge in [-0.1, -0.05) is 0 Å². The molecule has 0 aromatic heterocycles. The summed E-state index contributed by atoms with van der Waals surface area (Å²) >= 11 is 0. The minimum Gasteiger partial charge on any atom is -0.314 e. The van der Waals surface area contributed by atoms with E-state index in [1.54, 1.807) is 0 Å². The summed E-state index contributed by atoms with van der Waals surface area (Å²) in [6, 6.07) is 0.575. The maximum absolute atomic E-state index is 5.30. The normalized spacial score (nSPS) is 20.7. The summed E-state index contributed by atoms with van der Waals surface area (Å²) in [5, 5.41) is 6.52. The van der Waals surface area contributed by atoms with Gasteiger partial charge < -0.3 is 5.32 Å². The van der Waals surface area contributed by atoms with Crippen molar-refractivity contribution in [1.29, 1.82) is 0 Å². The lowest BCUT2D eigenvalue weighted by Gasteiger charge is -2.36. The first kappa shape index (κ1) is 7.94. The van der Waals surface area contributed by atoms with Crippen molar-refractivity contribution in [1.82, 2.24) is 16.1 Å². The van der Waals surface area contributed by atoms with Gasteiger partial charge in [-0.2, -0.15) is 0 Å². The number of hydrogen-bond acceptors (Lipinski definition) is 4. The Balaban J connectivity index is 2.21. The molecule has 5 N–H and O–H groups in total. The highest BCUT2D eigenvalue weighted by atomic mass is 15.4. The maximum atomic E-state index is 5.30. The summed E-state index contributed by atoms with van der Waals surface area (Å²) in [7, 11) is 0. The van der Waals surface area contributed by atoms with Gasteiger partial charge in [0, 0.05) is 19.1 Å². The molecule has 0 spiro atoms. The van der Waals surface area contributed by atoms with Crippen LogP contribution in [0.5, 0.6) is 0 Å². The second-order valence-electron chi connectivity index (χ2n) is 3.27. The lowest BCUT2D eigenvalue weighted by atomic mass is 10.1. The molecule has 0 aromatic carbocycles. The number of rotatable bonds is 3. The van der Waals surface area contributed by atoms with E-state index in [-0.39, 0.29) is 5.66 Å². The van der Waals surface area contributed by atoms with Gasteiger partial charge >= 0.3 is 0 Å². The van der Waals surface area contributed by atoms with Crippen molar-refractivity contribution in [3.63, 3.8) is 0 Å². The molecule has 4 nitrogen and oxygen atoms in total. The van der Waals surface area contributed by atoms with Crippen molar-refractivity contribution in [2.45, 2.75) is 25.6 Å². The molecule has 1 saturated heterocycles. The SMILES string of the molecule is CC(C)(NN)NC1CNC1. The predicted octanol–water partition coefficient (Wildman–Crippen LogP) is -1.25. The maximum Gasteiger partial charge on any atom is 0.0760 e. The number of nitrogens with two attached hydrogens (primary N) is 1. The Labute approximate surface area is 61.5 Å². The highest BCUT2D eigenvalue weighted by Crippen LogP contribution is 1.99. The van der Waals surface area contributed by atoms with Crippen molar-refractivity contribution in [3.05, 3.63) is 0 Å². The molecule has 1 fully saturated rings. The molecular weight excluding hydrogens is 128 g/mol. The van der Waals surface area contributed by atoms with Crippen LogP contribution in [0.4, 0.5) is 0 Å². The van der Waals surface area contributed by atoms with Gasteiger partial charge in [-0.15, -0.1) is 0 Å². The zero-order valence-corrected chi connectivity index (χ0v) is 6.57. The molecule has 0 unspecified atom stereocenters. The van der Waals surface area contributed by atoms with Crippen LogP contribution in [-0.4, -0.2) is 24.8 Å². The van der Waals surface area contributed by atoms with E-state index in [0.717, 1.165) is 13.1 Å². The Morgan fingerprint density at radius 2 is 2.10 bits per heavy atom. The largest absolute Gasteiger partial charge is 0.314 e. The van der Waals surface area contributed by atoms with Crippen LogP contribution in [0, 0.1) is 0 Å². The Bertz CT molecular complexity index is 108. The van der Waals surface area contributed by atoms with Gasteiger partial charge in [0.15, 0.2) is 0 Å². The summed E-state index contributed by atoms with van der Waals surface area (Å²) in [6.07, 6.45) is 0. The van der Waals surface area contributed by atoms with Gasteiger partial charge in [0.05, 0.1) is 5.66 Å². The molecule has 1 rings (SSSR count). The van der Waals surface area contributed by atoms with Crippen molar-refractivity contribution in [2.24, 2.45) is 5.84 Å². The third kappa shape index (κ3) is 1.91. The van der Waals surface area contributed by atoms with Crippen LogP contribution in [-0.2, 0) is 0 Å². The summed E-state index contributed by atoms with van der Waals surface area (Å²) in [4.78, 5) is 0. The molecule has 60 valence electrons. The molecule has 10 heavy (non-hydrogen) atoms. The number of hydrazine groups is 1. The van der Waals surface area contributed by atoms with Crippen molar-refractivity contribution in [2.75, 3.05) is 13.1 Å². The summed E-state index contributed by atoms with van der Waals surface area (Å²) in [6.45, 7) is 6.13. The minimum atomic E-state index is -0.146. The van der Waals surface area contributed by atoms with Gasteiger partial charge in [0.1, 0.15) is 0 Å². The molecule has 0 aromatic rings. The van der Waals surface area contributed by atoms with Crippen molar-refractivity contribution < 1.29 is 0 Å². The Morgan fingerprint density at radius 3 is 2.40 bits per heavy atom. The second-order valence-corrected chi connectivity index (χ2v) is 3.27. The molecule has 4 heteroatoms. The van der Waals surface area contributed by atoms with Crippen LogP contribution in [0.15, 0.2) is 0 Å². The van der Waals surface area contributed by atoms with E-state index in [4.69, 9.17) is 5.84 Å². The summed E-state index contributed by atoms with van der Waals surface area (Å²) in [5.74, 6) is 5.30. The standard InChI is InChI=1S/C6H16N4/c1-6(2,10-7)9-5-3-8-4-5/h5,8-10H,3-4,7H2,1-2H3. The van der Waals surface area contributed by atoms with Gasteiger partial charge in [0.25, 0.3) is 0 Å². The van der Waals surface area contributed by atoms with E-state index >= 15 is 0 Å². The summed E-state index contributed by atoms with van der Waals surface area (Å²) < 4.78 is 0. The van der Waals surface area contributed by atoms with Crippen LogP contribution >= 0.6 is 0 Å². The van der Waals surface area contributed by atoms with E-state index in [1.807, 2.05) is 13.8 Å². The monoisotopic (exact) mass is 144 g/mol. The fraction of sp³-hybridized carbons (Fsp3) is 1.00. The first-order valence-corrected chi connectivity index (χ1v) is 3.60. The van der Waals surface area contributed by atoms with E-state index in [2.05, 4.69) is 16.1 Å². The van der Waals surface area contributed by atoms with Crippen molar-refractivity contribution in [3.8, 4) is 0 Å². The highest BCUT2D eigenvalue weighted by Gasteiger charge is 2.24. The quantitative estimate of drug-likeness (QED) is 0.227. The molecule has 0 saturated carbocycles. The first-order chi connectivity index (χ1) is 4.64. The average Bonchev–Trinajstić information content (AvgIpc) is 1.80. The van der Waals surface area contributed by atoms with Gasteiger partial charge in [0.2, 0.25) is 0 Å². The third-order valence-electron chi connectivity index (χ3n) is 1.71. The molecule has 0 aliphatic carbocycles. The smallest absolute Gasteiger partial charge is 0.0760 e. The Kier molecular flexibility index (Phi) is 2.25. The second kappa shape index (κ2) is 2.84. The fourth-order valence-electron chi connectivity index (χ4n) is 0.943. The molecule has 1 aliphatic rings. The third-order valence-corrected chi connectivity index (χ3v) is 1.71. The predicted molar refractivity (Wildman–Crippen MR) is 41.2 cm³/mol. The van der Waals surface area contributed by atoms with Crippen LogP contribution in [0.2, 0.25) is 0 Å². The van der Waals surface area contributed by atoms with Crippen LogP contribution in [0.1, 0.15) is 13.8 Å². The van der Waals surface area contributed by atoms with E-state index in [0.29, 0.717) is 6.04 Å². The first-order valence-electron chi connectivity index (χ1n) is 3.60. The molecule has 0 bridgehead atoms. The molecule has 0 amide bonds. The Hall–Kier alpha value is -0.160. The van der Waals surface area contributed by atoms with Crippen LogP contribution in [0.25, 0.3) is 0 Å². The zero-order valence-electron chi connectivity index (χ0n) is 6.57. The van der Waals surface area contributed by atoms with E-state index in [1.165, 1.54) is 0 Å². The average molecular weight is 144 g/mol. The Morgan fingerprint density at radius 1 is 1.50 bits per heavy atom. The van der Waals surface area contributed by atoms with Gasteiger partial charge in [-0.25, -0.2) is 5.43 Å². The fourth-order valence-corrected chi connectivity index (χ4v) is 0.943. The zero-order chi connectivity index (χ0) is 7.61. The van der Waals surface area contributed by atoms with Crippen LogP contribution in [0.3, 0.4) is 0 Å². The van der Waals surface area contributed by atoms with Crippen LogP contribution < -0.4 is 21.9 Å². The lowest BCUT2D eigenvalue weighted by Crippen LogP contribution is -2.66. The summed E-state index contributed by atoms with van der Waals surface area (Å²) in [5.41, 5.74) is 2.56. The highest BCUT2D eigenvalue weighted by molar-refractivity contribution is 4.87. The van der Waals surface area contributed by atoms with E-state index < -0.39 is 0 Å². The van der Waals surface area contributed by atoms with Crippen molar-refractivity contribution >= 4 is 0 Å². The molecular formula is C6H16N4. The lowest BCUT2D eigenvalue weighted by molar-refractivity contribution is 0.233. The van der Waals surface area contributed by atoms with Gasteiger partial charge in [-0.05, 0) is 13.8 Å².